The highest BCUT2D eigenvalue weighted by atomic mass is 19.2. The monoisotopic (exact) mass is 275 g/mol. The first-order valence-corrected chi connectivity index (χ1v) is 6.22. The van der Waals surface area contributed by atoms with Gasteiger partial charge < -0.3 is 4.90 Å². The molecule has 0 amide bonds. The van der Waals surface area contributed by atoms with Gasteiger partial charge in [-0.3, -0.25) is 4.79 Å². The zero-order valence-electron chi connectivity index (χ0n) is 11.4. The molecule has 2 rings (SSSR count). The molecule has 2 aromatic carbocycles. The molecule has 0 atom stereocenters. The van der Waals surface area contributed by atoms with Crippen molar-refractivity contribution in [3.05, 3.63) is 65.2 Å². The van der Waals surface area contributed by atoms with Crippen molar-refractivity contribution >= 4 is 11.5 Å². The minimum absolute atomic E-state index is 0.0497. The van der Waals surface area contributed by atoms with E-state index >= 15 is 0 Å². The van der Waals surface area contributed by atoms with Crippen LogP contribution in [0.5, 0.6) is 0 Å². The Bertz CT molecular complexity index is 638. The van der Waals surface area contributed by atoms with Gasteiger partial charge in [-0.15, -0.1) is 0 Å². The van der Waals surface area contributed by atoms with E-state index in [1.54, 1.807) is 18.2 Å². The van der Waals surface area contributed by atoms with Crippen LogP contribution in [0, 0.1) is 11.6 Å². The highest BCUT2D eigenvalue weighted by molar-refractivity contribution is 5.98. The molecule has 0 fully saturated rings. The zero-order valence-corrected chi connectivity index (χ0v) is 11.4. The molecule has 0 unspecified atom stereocenters. The number of carbonyl (C=O) groups excluding carboxylic acids is 1. The lowest BCUT2D eigenvalue weighted by Crippen LogP contribution is -2.10. The maximum Gasteiger partial charge on any atom is 0.167 e. The molecular formula is C16H15F2NO. The lowest BCUT2D eigenvalue weighted by atomic mass is 10.0. The van der Waals surface area contributed by atoms with Gasteiger partial charge in [0.15, 0.2) is 17.4 Å². The normalized spacial score (nSPS) is 10.4. The first-order valence-electron chi connectivity index (χ1n) is 6.22. The third-order valence-corrected chi connectivity index (χ3v) is 3.03. The Morgan fingerprint density at radius 3 is 2.45 bits per heavy atom. The number of anilines is 1. The molecule has 0 aromatic heterocycles. The van der Waals surface area contributed by atoms with Gasteiger partial charge in [-0.05, 0) is 29.8 Å². The fourth-order valence-corrected chi connectivity index (χ4v) is 1.89. The second kappa shape index (κ2) is 5.82. The number of nitrogens with zero attached hydrogens (tertiary/aromatic N) is 1. The molecule has 0 heterocycles. The number of halogens is 2. The van der Waals surface area contributed by atoms with Crippen LogP contribution >= 0.6 is 0 Å². The number of benzene rings is 2. The summed E-state index contributed by atoms with van der Waals surface area (Å²) in [7, 11) is 3.78. The molecule has 0 N–H and O–H groups in total. The van der Waals surface area contributed by atoms with Crippen molar-refractivity contribution in [1.82, 2.24) is 0 Å². The van der Waals surface area contributed by atoms with Gasteiger partial charge in [0.2, 0.25) is 0 Å². The molecule has 0 saturated carbocycles. The maximum atomic E-state index is 13.1. The van der Waals surface area contributed by atoms with E-state index in [0.29, 0.717) is 11.1 Å². The summed E-state index contributed by atoms with van der Waals surface area (Å²) in [6, 6.07) is 10.7. The number of rotatable bonds is 4. The van der Waals surface area contributed by atoms with Crippen LogP contribution in [0.25, 0.3) is 0 Å². The van der Waals surface area contributed by atoms with Gasteiger partial charge >= 0.3 is 0 Å². The highest BCUT2D eigenvalue weighted by Gasteiger charge is 2.10. The molecule has 0 radical (unpaired) electrons. The smallest absolute Gasteiger partial charge is 0.167 e. The Morgan fingerprint density at radius 2 is 1.80 bits per heavy atom. The number of hydrogen-bond acceptors (Lipinski definition) is 2. The van der Waals surface area contributed by atoms with Gasteiger partial charge in [-0.1, -0.05) is 18.2 Å². The Labute approximate surface area is 116 Å². The van der Waals surface area contributed by atoms with E-state index in [1.165, 1.54) is 6.07 Å². The molecule has 0 aliphatic heterocycles. The lowest BCUT2D eigenvalue weighted by Gasteiger charge is -2.13. The average molecular weight is 275 g/mol. The Balaban J connectivity index is 2.19. The summed E-state index contributed by atoms with van der Waals surface area (Å²) in [5.41, 5.74) is 1.94. The third-order valence-electron chi connectivity index (χ3n) is 3.03. The summed E-state index contributed by atoms with van der Waals surface area (Å²) in [4.78, 5) is 14.0. The second-order valence-corrected chi connectivity index (χ2v) is 4.79. The number of ketones is 1. The summed E-state index contributed by atoms with van der Waals surface area (Å²) < 4.78 is 25.9. The summed E-state index contributed by atoms with van der Waals surface area (Å²) in [5.74, 6) is -1.96. The fraction of sp³-hybridized carbons (Fsp3) is 0.188. The Morgan fingerprint density at radius 1 is 1.05 bits per heavy atom. The van der Waals surface area contributed by atoms with E-state index in [1.807, 2.05) is 25.1 Å². The quantitative estimate of drug-likeness (QED) is 0.796. The number of carbonyl (C=O) groups is 1. The molecule has 0 saturated heterocycles. The van der Waals surface area contributed by atoms with Gasteiger partial charge in [0.1, 0.15) is 0 Å². The van der Waals surface area contributed by atoms with Crippen LogP contribution in [0.3, 0.4) is 0 Å². The SMILES string of the molecule is CN(C)c1cccc(C(=O)Cc2ccc(F)c(F)c2)c1. The molecular weight excluding hydrogens is 260 g/mol. The molecule has 2 aromatic rings. The van der Waals surface area contributed by atoms with Crippen molar-refractivity contribution in [2.45, 2.75) is 6.42 Å². The molecule has 104 valence electrons. The average Bonchev–Trinajstić information content (AvgIpc) is 2.43. The van der Waals surface area contributed by atoms with Crippen LogP contribution in [0.4, 0.5) is 14.5 Å². The molecule has 4 heteroatoms. The summed E-state index contributed by atoms with van der Waals surface area (Å²) in [6.45, 7) is 0. The third kappa shape index (κ3) is 3.20. The standard InChI is InChI=1S/C16H15F2NO/c1-19(2)13-5-3-4-12(10-13)16(20)9-11-6-7-14(17)15(18)8-11/h3-8,10H,9H2,1-2H3. The van der Waals surface area contributed by atoms with Crippen LogP contribution in [-0.2, 0) is 6.42 Å². The number of hydrogen-bond donors (Lipinski definition) is 0. The van der Waals surface area contributed by atoms with Gasteiger partial charge in [-0.25, -0.2) is 8.78 Å². The predicted octanol–water partition coefficient (Wildman–Crippen LogP) is 3.46. The van der Waals surface area contributed by atoms with Gasteiger partial charge in [0.25, 0.3) is 0 Å². The van der Waals surface area contributed by atoms with Crippen molar-refractivity contribution in [3.8, 4) is 0 Å². The van der Waals surface area contributed by atoms with Crippen molar-refractivity contribution in [2.24, 2.45) is 0 Å². The molecule has 20 heavy (non-hydrogen) atoms. The molecule has 0 spiro atoms. The van der Waals surface area contributed by atoms with Crippen LogP contribution in [-0.4, -0.2) is 19.9 Å². The predicted molar refractivity (Wildman–Crippen MR) is 75.2 cm³/mol. The van der Waals surface area contributed by atoms with Crippen LogP contribution in [0.2, 0.25) is 0 Å². The zero-order chi connectivity index (χ0) is 14.7. The summed E-state index contributed by atoms with van der Waals surface area (Å²) in [5, 5.41) is 0. The second-order valence-electron chi connectivity index (χ2n) is 4.79. The van der Waals surface area contributed by atoms with E-state index in [-0.39, 0.29) is 12.2 Å². The van der Waals surface area contributed by atoms with E-state index in [2.05, 4.69) is 0 Å². The van der Waals surface area contributed by atoms with Crippen LogP contribution < -0.4 is 4.90 Å². The minimum Gasteiger partial charge on any atom is -0.378 e. The lowest BCUT2D eigenvalue weighted by molar-refractivity contribution is 0.0993. The fourth-order valence-electron chi connectivity index (χ4n) is 1.89. The first-order chi connectivity index (χ1) is 9.47. The van der Waals surface area contributed by atoms with Gasteiger partial charge in [0, 0.05) is 31.8 Å². The Kier molecular flexibility index (Phi) is 4.13. The van der Waals surface area contributed by atoms with E-state index in [4.69, 9.17) is 0 Å². The molecule has 0 aliphatic rings. The van der Waals surface area contributed by atoms with E-state index in [9.17, 15) is 13.6 Å². The minimum atomic E-state index is -0.933. The first kappa shape index (κ1) is 14.2. The van der Waals surface area contributed by atoms with E-state index in [0.717, 1.165) is 17.8 Å². The summed E-state index contributed by atoms with van der Waals surface area (Å²) in [6.07, 6.45) is 0.0497. The van der Waals surface area contributed by atoms with Crippen LogP contribution in [0.15, 0.2) is 42.5 Å². The molecule has 0 bridgehead atoms. The summed E-state index contributed by atoms with van der Waals surface area (Å²) >= 11 is 0. The largest absolute Gasteiger partial charge is 0.378 e. The van der Waals surface area contributed by atoms with Crippen molar-refractivity contribution in [2.75, 3.05) is 19.0 Å². The maximum absolute atomic E-state index is 13.1. The van der Waals surface area contributed by atoms with E-state index < -0.39 is 11.6 Å². The van der Waals surface area contributed by atoms with Gasteiger partial charge in [-0.2, -0.15) is 0 Å². The topological polar surface area (TPSA) is 20.3 Å². The number of Topliss-reactive ketones (excluding diaryl/α,β-unsaturated/α-hetero) is 1. The highest BCUT2D eigenvalue weighted by Crippen LogP contribution is 2.16. The van der Waals surface area contributed by atoms with Gasteiger partial charge in [0.05, 0.1) is 0 Å². The van der Waals surface area contributed by atoms with Crippen molar-refractivity contribution in [3.63, 3.8) is 0 Å². The molecule has 2 nitrogen and oxygen atoms in total. The Hall–Kier alpha value is -2.23. The van der Waals surface area contributed by atoms with Crippen LogP contribution in [0.1, 0.15) is 15.9 Å². The van der Waals surface area contributed by atoms with Crippen molar-refractivity contribution in [1.29, 1.82) is 0 Å². The van der Waals surface area contributed by atoms with Crippen molar-refractivity contribution < 1.29 is 13.6 Å². The molecule has 0 aliphatic carbocycles.